The fraction of sp³-hybridized carbons (Fsp3) is 0.929. The van der Waals surface area contributed by atoms with Crippen molar-refractivity contribution >= 4 is 5.97 Å². The molecule has 2 unspecified atom stereocenters. The molecule has 0 saturated carbocycles. The van der Waals surface area contributed by atoms with Crippen LogP contribution in [-0.4, -0.2) is 37.1 Å². The van der Waals surface area contributed by atoms with E-state index in [1.807, 2.05) is 6.92 Å². The molecule has 2 atom stereocenters. The van der Waals surface area contributed by atoms with E-state index in [4.69, 9.17) is 4.74 Å². The number of unbranched alkanes of at least 4 members (excludes halogenated alkanes) is 2. The summed E-state index contributed by atoms with van der Waals surface area (Å²) in [6, 6.07) is 0.264. The number of esters is 1. The molecule has 3 nitrogen and oxygen atoms in total. The molecule has 102 valence electrons. The second-order valence-electron chi connectivity index (χ2n) is 4.80. The smallest absolute Gasteiger partial charge is 0.309 e. The first-order valence-electron chi connectivity index (χ1n) is 6.90. The van der Waals surface area contributed by atoms with Gasteiger partial charge in [-0.1, -0.05) is 33.6 Å². The van der Waals surface area contributed by atoms with Gasteiger partial charge in [0.25, 0.3) is 0 Å². The monoisotopic (exact) mass is 243 g/mol. The summed E-state index contributed by atoms with van der Waals surface area (Å²) < 4.78 is 4.83. The number of carbonyl (C=O) groups excluding carboxylic acids is 1. The van der Waals surface area contributed by atoms with Crippen molar-refractivity contribution in [2.75, 3.05) is 20.2 Å². The van der Waals surface area contributed by atoms with Crippen LogP contribution in [0.3, 0.4) is 0 Å². The van der Waals surface area contributed by atoms with Crippen LogP contribution in [0.25, 0.3) is 0 Å². The Bertz CT molecular complexity index is 198. The first kappa shape index (κ1) is 16.4. The zero-order valence-electron chi connectivity index (χ0n) is 12.2. The van der Waals surface area contributed by atoms with Gasteiger partial charge in [0, 0.05) is 6.04 Å². The lowest BCUT2D eigenvalue weighted by Gasteiger charge is -2.32. The maximum Gasteiger partial charge on any atom is 0.309 e. The Morgan fingerprint density at radius 1 is 1.12 bits per heavy atom. The fourth-order valence-corrected chi connectivity index (χ4v) is 1.94. The van der Waals surface area contributed by atoms with Crippen LogP contribution in [0.4, 0.5) is 0 Å². The number of hydrogen-bond acceptors (Lipinski definition) is 3. The zero-order valence-corrected chi connectivity index (χ0v) is 12.2. The molecule has 0 fully saturated rings. The van der Waals surface area contributed by atoms with Gasteiger partial charge in [0.1, 0.15) is 0 Å². The molecule has 0 radical (unpaired) electrons. The summed E-state index contributed by atoms with van der Waals surface area (Å²) in [7, 11) is 1.47. The Balaban J connectivity index is 4.37. The van der Waals surface area contributed by atoms with Gasteiger partial charge >= 0.3 is 5.97 Å². The van der Waals surface area contributed by atoms with Crippen LogP contribution >= 0.6 is 0 Å². The summed E-state index contributed by atoms with van der Waals surface area (Å²) in [6.45, 7) is 10.7. The number of ether oxygens (including phenoxy) is 1. The van der Waals surface area contributed by atoms with Crippen LogP contribution < -0.4 is 0 Å². The molecule has 0 bridgehead atoms. The van der Waals surface area contributed by atoms with Gasteiger partial charge in [-0.3, -0.25) is 9.69 Å². The molecule has 3 heteroatoms. The third-order valence-corrected chi connectivity index (χ3v) is 3.47. The second-order valence-corrected chi connectivity index (χ2v) is 4.80. The number of hydrogen-bond donors (Lipinski definition) is 0. The molecule has 0 aromatic heterocycles. The van der Waals surface area contributed by atoms with E-state index in [2.05, 4.69) is 25.7 Å². The van der Waals surface area contributed by atoms with Crippen LogP contribution in [0.2, 0.25) is 0 Å². The summed E-state index contributed by atoms with van der Waals surface area (Å²) in [6.07, 6.45) is 4.79. The van der Waals surface area contributed by atoms with Gasteiger partial charge < -0.3 is 4.74 Å². The van der Waals surface area contributed by atoms with E-state index in [1.165, 1.54) is 32.8 Å². The SMILES string of the molecule is CCCCN(CCCC)C(C)C(C)C(=O)OC. The van der Waals surface area contributed by atoms with Crippen LogP contribution in [0, 0.1) is 5.92 Å². The zero-order chi connectivity index (χ0) is 13.3. The summed E-state index contributed by atoms with van der Waals surface area (Å²) >= 11 is 0. The van der Waals surface area contributed by atoms with E-state index in [9.17, 15) is 4.79 Å². The van der Waals surface area contributed by atoms with Gasteiger partial charge in [-0.25, -0.2) is 0 Å². The maximum absolute atomic E-state index is 11.6. The maximum atomic E-state index is 11.6. The molecule has 0 saturated heterocycles. The predicted molar refractivity (Wildman–Crippen MR) is 72.0 cm³/mol. The van der Waals surface area contributed by atoms with Gasteiger partial charge in [-0.15, -0.1) is 0 Å². The normalized spacial score (nSPS) is 14.7. The van der Waals surface area contributed by atoms with E-state index >= 15 is 0 Å². The van der Waals surface area contributed by atoms with Crippen LogP contribution in [0.1, 0.15) is 53.4 Å². The molecule has 0 N–H and O–H groups in total. The van der Waals surface area contributed by atoms with Crippen LogP contribution in [0.15, 0.2) is 0 Å². The van der Waals surface area contributed by atoms with Crippen molar-refractivity contribution in [3.63, 3.8) is 0 Å². The molecular weight excluding hydrogens is 214 g/mol. The van der Waals surface area contributed by atoms with Crippen molar-refractivity contribution in [2.24, 2.45) is 5.92 Å². The predicted octanol–water partition coefficient (Wildman–Crippen LogP) is 3.09. The lowest BCUT2D eigenvalue weighted by molar-refractivity contribution is -0.147. The highest BCUT2D eigenvalue weighted by atomic mass is 16.5. The molecule has 17 heavy (non-hydrogen) atoms. The molecular formula is C14H29NO2. The standard InChI is InChI=1S/C14H29NO2/c1-6-8-10-15(11-9-7-2)13(4)12(3)14(16)17-5/h12-13H,6-11H2,1-5H3. The molecule has 0 amide bonds. The fourth-order valence-electron chi connectivity index (χ4n) is 1.94. The van der Waals surface area contributed by atoms with E-state index in [0.29, 0.717) is 0 Å². The highest BCUT2D eigenvalue weighted by Gasteiger charge is 2.25. The Morgan fingerprint density at radius 3 is 1.94 bits per heavy atom. The second kappa shape index (κ2) is 9.46. The first-order chi connectivity index (χ1) is 8.08. The molecule has 0 aliphatic rings. The molecule has 0 aromatic rings. The van der Waals surface area contributed by atoms with Gasteiger partial charge in [-0.05, 0) is 32.9 Å². The Kier molecular flexibility index (Phi) is 9.14. The van der Waals surface area contributed by atoms with Crippen molar-refractivity contribution in [3.05, 3.63) is 0 Å². The summed E-state index contributed by atoms with van der Waals surface area (Å²) in [5, 5.41) is 0. The van der Waals surface area contributed by atoms with E-state index in [0.717, 1.165) is 13.1 Å². The lowest BCUT2D eigenvalue weighted by Crippen LogP contribution is -2.42. The summed E-state index contributed by atoms with van der Waals surface area (Å²) in [5.41, 5.74) is 0. The molecule has 0 aromatic carbocycles. The number of nitrogens with zero attached hydrogens (tertiary/aromatic N) is 1. The Hall–Kier alpha value is -0.570. The molecule has 0 spiro atoms. The highest BCUT2D eigenvalue weighted by molar-refractivity contribution is 5.72. The summed E-state index contributed by atoms with van der Waals surface area (Å²) in [5.74, 6) is -0.149. The highest BCUT2D eigenvalue weighted by Crippen LogP contribution is 2.14. The first-order valence-corrected chi connectivity index (χ1v) is 6.90. The minimum atomic E-state index is -0.101. The van der Waals surface area contributed by atoms with Crippen LogP contribution in [-0.2, 0) is 9.53 Å². The van der Waals surface area contributed by atoms with Gasteiger partial charge in [0.05, 0.1) is 13.0 Å². The van der Waals surface area contributed by atoms with Crippen molar-refractivity contribution in [2.45, 2.75) is 59.4 Å². The van der Waals surface area contributed by atoms with Crippen molar-refractivity contribution in [1.82, 2.24) is 4.90 Å². The Labute approximate surface area is 107 Å². The third kappa shape index (κ3) is 6.06. The van der Waals surface area contributed by atoms with Gasteiger partial charge in [0.2, 0.25) is 0 Å². The van der Waals surface area contributed by atoms with Crippen molar-refractivity contribution < 1.29 is 9.53 Å². The van der Waals surface area contributed by atoms with Gasteiger partial charge in [-0.2, -0.15) is 0 Å². The third-order valence-electron chi connectivity index (χ3n) is 3.47. The van der Waals surface area contributed by atoms with Gasteiger partial charge in [0.15, 0.2) is 0 Å². The Morgan fingerprint density at radius 2 is 1.59 bits per heavy atom. The quantitative estimate of drug-likeness (QED) is 0.583. The minimum absolute atomic E-state index is 0.0475. The number of carbonyl (C=O) groups is 1. The molecule has 0 rings (SSSR count). The lowest BCUT2D eigenvalue weighted by atomic mass is 10.0. The average molecular weight is 243 g/mol. The molecule has 0 heterocycles. The minimum Gasteiger partial charge on any atom is -0.469 e. The molecule has 0 aliphatic carbocycles. The average Bonchev–Trinajstić information content (AvgIpc) is 2.36. The largest absolute Gasteiger partial charge is 0.469 e. The number of rotatable bonds is 9. The molecule has 0 aliphatic heterocycles. The van der Waals surface area contributed by atoms with E-state index in [1.54, 1.807) is 0 Å². The van der Waals surface area contributed by atoms with Crippen molar-refractivity contribution in [1.29, 1.82) is 0 Å². The summed E-state index contributed by atoms with van der Waals surface area (Å²) in [4.78, 5) is 14.0. The van der Waals surface area contributed by atoms with E-state index in [-0.39, 0.29) is 17.9 Å². The van der Waals surface area contributed by atoms with E-state index < -0.39 is 0 Å². The van der Waals surface area contributed by atoms with Crippen molar-refractivity contribution in [3.8, 4) is 0 Å². The number of methoxy groups -OCH3 is 1. The topological polar surface area (TPSA) is 29.5 Å². The van der Waals surface area contributed by atoms with Crippen LogP contribution in [0.5, 0.6) is 0 Å².